The van der Waals surface area contributed by atoms with Crippen molar-refractivity contribution in [2.45, 2.75) is 6.23 Å². The van der Waals surface area contributed by atoms with Gasteiger partial charge in [0.15, 0.2) is 0 Å². The normalized spacial score (nSPS) is 24.6. The largest absolute Gasteiger partial charge is 0.392 e. The number of nitrogens with zero attached hydrogens (tertiary/aromatic N) is 1. The van der Waals surface area contributed by atoms with Crippen LogP contribution in [0.25, 0.3) is 0 Å². The maximum atomic E-state index is 9.13. The summed E-state index contributed by atoms with van der Waals surface area (Å²) in [6.07, 6.45) is -0.665. The van der Waals surface area contributed by atoms with Gasteiger partial charge in [-0.3, -0.25) is 4.90 Å². The first-order chi connectivity index (χ1) is 4.84. The molecule has 0 saturated carbocycles. The van der Waals surface area contributed by atoms with Crippen LogP contribution in [0.4, 0.5) is 0 Å². The Labute approximate surface area is 60.5 Å². The maximum Gasteiger partial charge on any atom is 0.130 e. The van der Waals surface area contributed by atoms with E-state index in [0.717, 1.165) is 26.2 Å². The lowest BCUT2D eigenvalue weighted by Crippen LogP contribution is -2.49. The van der Waals surface area contributed by atoms with E-state index in [1.54, 1.807) is 0 Å². The molecule has 1 aliphatic heterocycles. The van der Waals surface area contributed by atoms with E-state index in [4.69, 9.17) is 10.2 Å². The Hall–Kier alpha value is -0.160. The summed E-state index contributed by atoms with van der Waals surface area (Å²) in [6.45, 7) is 3.28. The summed E-state index contributed by atoms with van der Waals surface area (Å²) in [6, 6.07) is 0. The van der Waals surface area contributed by atoms with Gasteiger partial charge in [0.1, 0.15) is 6.23 Å². The van der Waals surface area contributed by atoms with E-state index in [1.807, 2.05) is 4.90 Å². The highest BCUT2D eigenvalue weighted by Crippen LogP contribution is 1.96. The summed E-state index contributed by atoms with van der Waals surface area (Å²) < 4.78 is 0. The summed E-state index contributed by atoms with van der Waals surface area (Å²) in [4.78, 5) is 1.86. The van der Waals surface area contributed by atoms with Crippen LogP contribution in [0.2, 0.25) is 0 Å². The lowest BCUT2D eigenvalue weighted by atomic mass is 10.3. The van der Waals surface area contributed by atoms with Gasteiger partial charge in [0.05, 0.1) is 6.61 Å². The number of aliphatic hydroxyl groups excluding tert-OH is 2. The average molecular weight is 146 g/mol. The number of hydrogen-bond donors (Lipinski definition) is 3. The molecular weight excluding hydrogens is 132 g/mol. The molecule has 3 N–H and O–H groups in total. The number of piperazine rings is 1. The highest BCUT2D eigenvalue weighted by Gasteiger charge is 2.15. The molecule has 1 rings (SSSR count). The highest BCUT2D eigenvalue weighted by atomic mass is 16.3. The van der Waals surface area contributed by atoms with Gasteiger partial charge in [-0.2, -0.15) is 0 Å². The zero-order valence-corrected chi connectivity index (χ0v) is 5.95. The van der Waals surface area contributed by atoms with Crippen molar-refractivity contribution in [1.29, 1.82) is 0 Å². The Morgan fingerprint density at radius 2 is 2.00 bits per heavy atom. The van der Waals surface area contributed by atoms with Crippen LogP contribution in [0.5, 0.6) is 0 Å². The van der Waals surface area contributed by atoms with E-state index >= 15 is 0 Å². The molecule has 4 heteroatoms. The van der Waals surface area contributed by atoms with Crippen molar-refractivity contribution in [3.63, 3.8) is 0 Å². The Morgan fingerprint density at radius 1 is 1.40 bits per heavy atom. The smallest absolute Gasteiger partial charge is 0.130 e. The minimum Gasteiger partial charge on any atom is -0.392 e. The zero-order valence-electron chi connectivity index (χ0n) is 5.95. The van der Waals surface area contributed by atoms with Gasteiger partial charge in [-0.05, 0) is 0 Å². The minimum absolute atomic E-state index is 0.167. The summed E-state index contributed by atoms with van der Waals surface area (Å²) in [7, 11) is 0. The second kappa shape index (κ2) is 3.88. The van der Waals surface area contributed by atoms with Crippen LogP contribution < -0.4 is 5.32 Å². The van der Waals surface area contributed by atoms with Gasteiger partial charge in [-0.15, -0.1) is 0 Å². The molecule has 1 saturated heterocycles. The fourth-order valence-corrected chi connectivity index (χ4v) is 1.10. The van der Waals surface area contributed by atoms with Crippen LogP contribution in [0, 0.1) is 0 Å². The van der Waals surface area contributed by atoms with Crippen LogP contribution in [0.1, 0.15) is 0 Å². The lowest BCUT2D eigenvalue weighted by Gasteiger charge is -2.30. The summed E-state index contributed by atoms with van der Waals surface area (Å²) in [5.74, 6) is 0. The van der Waals surface area contributed by atoms with Crippen molar-refractivity contribution in [3.05, 3.63) is 0 Å². The summed E-state index contributed by atoms with van der Waals surface area (Å²) >= 11 is 0. The molecule has 0 spiro atoms. The van der Waals surface area contributed by atoms with Gasteiger partial charge in [0, 0.05) is 26.2 Å². The third kappa shape index (κ3) is 1.91. The first-order valence-electron chi connectivity index (χ1n) is 3.58. The van der Waals surface area contributed by atoms with Crippen LogP contribution in [-0.2, 0) is 0 Å². The molecule has 1 heterocycles. The first kappa shape index (κ1) is 7.94. The standard InChI is InChI=1S/C6H14N2O2/c9-5-6(10)8-3-1-7-2-4-8/h6-7,9-10H,1-5H2. The molecule has 0 amide bonds. The number of aliphatic hydroxyl groups is 2. The van der Waals surface area contributed by atoms with Gasteiger partial charge in [-0.25, -0.2) is 0 Å². The second-order valence-electron chi connectivity index (χ2n) is 2.45. The van der Waals surface area contributed by atoms with Crippen LogP contribution in [0.15, 0.2) is 0 Å². The summed E-state index contributed by atoms with van der Waals surface area (Å²) in [5.41, 5.74) is 0. The van der Waals surface area contributed by atoms with Gasteiger partial charge in [0.25, 0.3) is 0 Å². The van der Waals surface area contributed by atoms with Crippen molar-refractivity contribution < 1.29 is 10.2 Å². The Balaban J connectivity index is 2.24. The van der Waals surface area contributed by atoms with Gasteiger partial charge >= 0.3 is 0 Å². The first-order valence-corrected chi connectivity index (χ1v) is 3.58. The quantitative estimate of drug-likeness (QED) is 0.430. The van der Waals surface area contributed by atoms with Crippen molar-refractivity contribution in [1.82, 2.24) is 10.2 Å². The van der Waals surface area contributed by atoms with E-state index in [0.29, 0.717) is 0 Å². The van der Waals surface area contributed by atoms with Crippen molar-refractivity contribution in [2.24, 2.45) is 0 Å². The number of hydrogen-bond acceptors (Lipinski definition) is 4. The molecule has 1 atom stereocenters. The number of rotatable bonds is 2. The molecule has 0 aromatic rings. The topological polar surface area (TPSA) is 55.7 Å². The van der Waals surface area contributed by atoms with Crippen molar-refractivity contribution in [2.75, 3.05) is 32.8 Å². The summed E-state index contributed by atoms with van der Waals surface area (Å²) in [5, 5.41) is 20.9. The molecule has 0 bridgehead atoms. The van der Waals surface area contributed by atoms with Crippen LogP contribution in [-0.4, -0.2) is 54.1 Å². The molecule has 0 radical (unpaired) electrons. The SMILES string of the molecule is OCC(O)N1CCNCC1. The minimum atomic E-state index is -0.665. The molecule has 0 aliphatic carbocycles. The van der Waals surface area contributed by atoms with Crippen molar-refractivity contribution in [3.8, 4) is 0 Å². The molecule has 1 unspecified atom stereocenters. The zero-order chi connectivity index (χ0) is 7.40. The highest BCUT2D eigenvalue weighted by molar-refractivity contribution is 4.68. The van der Waals surface area contributed by atoms with E-state index in [-0.39, 0.29) is 6.61 Å². The Kier molecular flexibility index (Phi) is 3.08. The molecular formula is C6H14N2O2. The molecule has 1 fully saturated rings. The van der Waals surface area contributed by atoms with Crippen molar-refractivity contribution >= 4 is 0 Å². The Morgan fingerprint density at radius 3 is 2.50 bits per heavy atom. The molecule has 4 nitrogen and oxygen atoms in total. The van der Waals surface area contributed by atoms with Gasteiger partial charge in [0.2, 0.25) is 0 Å². The predicted molar refractivity (Wildman–Crippen MR) is 37.5 cm³/mol. The molecule has 0 aromatic heterocycles. The fraction of sp³-hybridized carbons (Fsp3) is 1.00. The molecule has 10 heavy (non-hydrogen) atoms. The Bertz CT molecular complexity index is 93.7. The van der Waals surface area contributed by atoms with E-state index in [9.17, 15) is 0 Å². The van der Waals surface area contributed by atoms with Crippen LogP contribution in [0.3, 0.4) is 0 Å². The van der Waals surface area contributed by atoms with Gasteiger partial charge in [-0.1, -0.05) is 0 Å². The monoisotopic (exact) mass is 146 g/mol. The van der Waals surface area contributed by atoms with Gasteiger partial charge < -0.3 is 15.5 Å². The third-order valence-corrected chi connectivity index (χ3v) is 1.74. The molecule has 1 aliphatic rings. The van der Waals surface area contributed by atoms with Crippen LogP contribution >= 0.6 is 0 Å². The van der Waals surface area contributed by atoms with E-state index in [1.165, 1.54) is 0 Å². The molecule has 0 aromatic carbocycles. The van der Waals surface area contributed by atoms with E-state index < -0.39 is 6.23 Å². The second-order valence-corrected chi connectivity index (χ2v) is 2.45. The fourth-order valence-electron chi connectivity index (χ4n) is 1.10. The third-order valence-electron chi connectivity index (χ3n) is 1.74. The maximum absolute atomic E-state index is 9.13. The average Bonchev–Trinajstić information content (AvgIpc) is 2.05. The molecule has 60 valence electrons. The number of nitrogens with one attached hydrogen (secondary N) is 1. The van der Waals surface area contributed by atoms with E-state index in [2.05, 4.69) is 5.32 Å². The lowest BCUT2D eigenvalue weighted by molar-refractivity contribution is -0.0397. The predicted octanol–water partition coefficient (Wildman–Crippen LogP) is -1.80.